The van der Waals surface area contributed by atoms with Gasteiger partial charge in [0.2, 0.25) is 9.84 Å². The van der Waals surface area contributed by atoms with E-state index in [4.69, 9.17) is 17.4 Å². The highest BCUT2D eigenvalue weighted by Gasteiger charge is 2.34. The average Bonchev–Trinajstić information content (AvgIpc) is 2.54. The van der Waals surface area contributed by atoms with Crippen molar-refractivity contribution in [3.63, 3.8) is 0 Å². The number of benzene rings is 2. The monoisotopic (exact) mass is 393 g/mol. The van der Waals surface area contributed by atoms with Gasteiger partial charge in [-0.05, 0) is 42.5 Å². The van der Waals surface area contributed by atoms with Gasteiger partial charge in [-0.25, -0.2) is 19.1 Å². The van der Waals surface area contributed by atoms with Crippen molar-refractivity contribution in [3.8, 4) is 0 Å². The van der Waals surface area contributed by atoms with E-state index in [9.17, 15) is 26.4 Å². The third-order valence-electron chi connectivity index (χ3n) is 3.11. The zero-order valence-corrected chi connectivity index (χ0v) is 13.8. The molecule has 134 valence electrons. The van der Waals surface area contributed by atoms with E-state index in [0.29, 0.717) is 6.07 Å². The second-order valence-corrected chi connectivity index (χ2v) is 7.12. The molecule has 0 saturated heterocycles. The summed E-state index contributed by atoms with van der Waals surface area (Å²) in [5, 5.41) is 1.71. The molecule has 0 atom stereocenters. The molecule has 0 fully saturated rings. The number of hydrazine groups is 1. The summed E-state index contributed by atoms with van der Waals surface area (Å²) in [6.07, 6.45) is -4.79. The maximum Gasteiger partial charge on any atom is 0.417 e. The summed E-state index contributed by atoms with van der Waals surface area (Å²) < 4.78 is 63.6. The molecule has 2 amide bonds. The molecule has 25 heavy (non-hydrogen) atoms. The van der Waals surface area contributed by atoms with E-state index in [1.165, 1.54) is 12.1 Å². The van der Waals surface area contributed by atoms with E-state index in [1.807, 2.05) is 5.43 Å². The highest BCUT2D eigenvalue weighted by molar-refractivity contribution is 7.91. The first-order chi connectivity index (χ1) is 11.6. The number of anilines is 1. The highest BCUT2D eigenvalue weighted by Crippen LogP contribution is 2.37. The molecule has 11 heteroatoms. The van der Waals surface area contributed by atoms with Gasteiger partial charge >= 0.3 is 12.2 Å². The van der Waals surface area contributed by atoms with Gasteiger partial charge in [-0.2, -0.15) is 13.2 Å². The molecule has 2 aromatic carbocycles. The van der Waals surface area contributed by atoms with Gasteiger partial charge in [-0.3, -0.25) is 5.43 Å². The van der Waals surface area contributed by atoms with Gasteiger partial charge in [0, 0.05) is 5.69 Å². The number of alkyl halides is 3. The van der Waals surface area contributed by atoms with Gasteiger partial charge in [-0.1, -0.05) is 11.6 Å². The van der Waals surface area contributed by atoms with E-state index < -0.39 is 37.5 Å². The summed E-state index contributed by atoms with van der Waals surface area (Å²) in [7, 11) is -4.20. The lowest BCUT2D eigenvalue weighted by molar-refractivity contribution is -0.137. The predicted octanol–water partition coefficient (Wildman–Crippen LogP) is 3.19. The van der Waals surface area contributed by atoms with Gasteiger partial charge < -0.3 is 5.32 Å². The van der Waals surface area contributed by atoms with Crippen LogP contribution in [-0.2, 0) is 16.0 Å². The fraction of sp³-hybridized carbons (Fsp3) is 0.0714. The van der Waals surface area contributed by atoms with Crippen molar-refractivity contribution in [2.45, 2.75) is 16.0 Å². The Bertz CT molecular complexity index is 900. The number of carbonyl (C=O) groups excluding carboxylic acids is 1. The van der Waals surface area contributed by atoms with Gasteiger partial charge in [0.1, 0.15) is 0 Å². The van der Waals surface area contributed by atoms with Crippen LogP contribution in [0.4, 0.5) is 23.7 Å². The second-order valence-electron chi connectivity index (χ2n) is 4.77. The molecule has 0 aliphatic rings. The average molecular weight is 394 g/mol. The van der Waals surface area contributed by atoms with E-state index in [-0.39, 0.29) is 10.6 Å². The molecule has 0 saturated carbocycles. The van der Waals surface area contributed by atoms with Crippen LogP contribution in [0.2, 0.25) is 5.02 Å². The van der Waals surface area contributed by atoms with E-state index in [2.05, 4.69) is 5.32 Å². The summed E-state index contributed by atoms with van der Waals surface area (Å²) >= 11 is 5.49. The highest BCUT2D eigenvalue weighted by atomic mass is 35.5. The molecular weight excluding hydrogens is 383 g/mol. The maximum atomic E-state index is 12.9. The molecule has 0 aliphatic heterocycles. The molecule has 0 spiro atoms. The number of urea groups is 1. The number of hydrogen-bond donors (Lipinski definition) is 3. The van der Waals surface area contributed by atoms with Crippen molar-refractivity contribution in [2.75, 3.05) is 5.32 Å². The van der Waals surface area contributed by atoms with Crippen molar-refractivity contribution in [1.29, 1.82) is 0 Å². The quantitative estimate of drug-likeness (QED) is 0.423. The number of rotatable bonds is 3. The van der Waals surface area contributed by atoms with Crippen LogP contribution in [0, 0.1) is 0 Å². The van der Waals surface area contributed by atoms with Gasteiger partial charge in [0.15, 0.2) is 0 Å². The Balaban J connectivity index is 2.41. The van der Waals surface area contributed by atoms with Crippen LogP contribution in [0.3, 0.4) is 0 Å². The Hall–Kier alpha value is -2.30. The standard InChI is InChI=1S/C14H11ClF3N3O3S/c15-12-6-5-10(7-11(12)14(16,17)18)25(23,24)9-3-1-8(2-4-9)20-13(22)21-19/h1-7H,19H2,(H2,20,21,22). The lowest BCUT2D eigenvalue weighted by atomic mass is 10.2. The molecule has 4 N–H and O–H groups in total. The number of nitrogens with two attached hydrogens (primary N) is 1. The zero-order valence-electron chi connectivity index (χ0n) is 12.3. The van der Waals surface area contributed by atoms with Crippen LogP contribution >= 0.6 is 11.6 Å². The van der Waals surface area contributed by atoms with Crippen LogP contribution in [0.15, 0.2) is 52.3 Å². The Kier molecular flexibility index (Phi) is 5.26. The first-order valence-electron chi connectivity index (χ1n) is 6.55. The topological polar surface area (TPSA) is 101 Å². The molecule has 2 rings (SSSR count). The number of amides is 2. The lowest BCUT2D eigenvalue weighted by Crippen LogP contribution is -2.34. The number of nitrogens with one attached hydrogen (secondary N) is 2. The molecule has 0 aromatic heterocycles. The summed E-state index contributed by atoms with van der Waals surface area (Å²) in [6, 6.07) is 6.44. The number of sulfone groups is 1. The second kappa shape index (κ2) is 6.90. The molecule has 0 heterocycles. The van der Waals surface area contributed by atoms with Crippen molar-refractivity contribution in [2.24, 2.45) is 5.84 Å². The predicted molar refractivity (Wildman–Crippen MR) is 84.7 cm³/mol. The number of halogens is 4. The van der Waals surface area contributed by atoms with Gasteiger partial charge in [-0.15, -0.1) is 0 Å². The minimum absolute atomic E-state index is 0.244. The van der Waals surface area contributed by atoms with Gasteiger partial charge in [0.25, 0.3) is 0 Å². The first kappa shape index (κ1) is 19.0. The zero-order chi connectivity index (χ0) is 18.8. The summed E-state index contributed by atoms with van der Waals surface area (Å²) in [5.74, 6) is 4.90. The lowest BCUT2D eigenvalue weighted by Gasteiger charge is -2.12. The minimum atomic E-state index is -4.79. The molecule has 6 nitrogen and oxygen atoms in total. The Labute approximate surface area is 145 Å². The molecule has 2 aromatic rings. The van der Waals surface area contributed by atoms with E-state index in [0.717, 1.165) is 24.3 Å². The van der Waals surface area contributed by atoms with Crippen molar-refractivity contribution < 1.29 is 26.4 Å². The minimum Gasteiger partial charge on any atom is -0.307 e. The Morgan fingerprint density at radius 3 is 2.12 bits per heavy atom. The van der Waals surface area contributed by atoms with Crippen LogP contribution in [0.5, 0.6) is 0 Å². The van der Waals surface area contributed by atoms with Crippen LogP contribution in [0.1, 0.15) is 5.56 Å². The molecule has 0 bridgehead atoms. The summed E-state index contributed by atoms with van der Waals surface area (Å²) in [6.45, 7) is 0. The number of carbonyl (C=O) groups is 1. The third kappa shape index (κ3) is 4.21. The molecule has 0 unspecified atom stereocenters. The smallest absolute Gasteiger partial charge is 0.307 e. The molecule has 0 radical (unpaired) electrons. The van der Waals surface area contributed by atoms with Crippen LogP contribution in [0.25, 0.3) is 0 Å². The van der Waals surface area contributed by atoms with Crippen molar-refractivity contribution in [1.82, 2.24) is 5.43 Å². The Morgan fingerprint density at radius 1 is 1.04 bits per heavy atom. The van der Waals surface area contributed by atoms with E-state index in [1.54, 1.807) is 0 Å². The fourth-order valence-corrected chi connectivity index (χ4v) is 3.42. The SMILES string of the molecule is NNC(=O)Nc1ccc(S(=O)(=O)c2ccc(Cl)c(C(F)(F)F)c2)cc1. The van der Waals surface area contributed by atoms with Gasteiger partial charge in [0.05, 0.1) is 20.4 Å². The van der Waals surface area contributed by atoms with Crippen molar-refractivity contribution >= 4 is 33.2 Å². The number of hydrogen-bond acceptors (Lipinski definition) is 4. The molecule has 0 aliphatic carbocycles. The Morgan fingerprint density at radius 2 is 1.60 bits per heavy atom. The van der Waals surface area contributed by atoms with Crippen LogP contribution < -0.4 is 16.6 Å². The normalized spacial score (nSPS) is 11.9. The summed E-state index contributed by atoms with van der Waals surface area (Å²) in [4.78, 5) is 10.3. The van der Waals surface area contributed by atoms with Crippen LogP contribution in [-0.4, -0.2) is 14.4 Å². The van der Waals surface area contributed by atoms with Crippen molar-refractivity contribution in [3.05, 3.63) is 53.1 Å². The van der Waals surface area contributed by atoms with E-state index >= 15 is 0 Å². The first-order valence-corrected chi connectivity index (χ1v) is 8.41. The largest absolute Gasteiger partial charge is 0.417 e. The maximum absolute atomic E-state index is 12.9. The molecular formula is C14H11ClF3N3O3S. The summed E-state index contributed by atoms with van der Waals surface area (Å²) in [5.41, 5.74) is 0.824. The fourth-order valence-electron chi connectivity index (χ4n) is 1.91. The third-order valence-corrected chi connectivity index (χ3v) is 5.20.